The third-order valence-corrected chi connectivity index (χ3v) is 5.16. The van der Waals surface area contributed by atoms with Crippen LogP contribution in [0.25, 0.3) is 0 Å². The monoisotopic (exact) mass is 311 g/mol. The quantitative estimate of drug-likeness (QED) is 0.728. The molecule has 6 heteroatoms. The molecule has 0 amide bonds. The lowest BCUT2D eigenvalue weighted by Crippen LogP contribution is -2.30. The summed E-state index contributed by atoms with van der Waals surface area (Å²) in [5.74, 6) is 0.642. The van der Waals surface area contributed by atoms with Gasteiger partial charge in [0.15, 0.2) is 0 Å². The molecule has 1 atom stereocenters. The van der Waals surface area contributed by atoms with Gasteiger partial charge in [-0.15, -0.1) is 0 Å². The minimum Gasteiger partial charge on any atom is -0.399 e. The Bertz CT molecular complexity index is 581. The van der Waals surface area contributed by atoms with E-state index >= 15 is 0 Å². The Morgan fingerprint density at radius 1 is 1.24 bits per heavy atom. The summed E-state index contributed by atoms with van der Waals surface area (Å²) in [5.41, 5.74) is 6.93. The van der Waals surface area contributed by atoms with Gasteiger partial charge in [-0.3, -0.25) is 0 Å². The summed E-state index contributed by atoms with van der Waals surface area (Å²) in [7, 11) is -3.74. The van der Waals surface area contributed by atoms with Crippen LogP contribution in [0, 0.1) is 5.92 Å². The van der Waals surface area contributed by atoms with Crippen molar-refractivity contribution in [2.45, 2.75) is 56.4 Å². The highest BCUT2D eigenvalue weighted by Gasteiger charge is 2.22. The predicted molar refractivity (Wildman–Crippen MR) is 86.5 cm³/mol. The maximum atomic E-state index is 11.5. The fourth-order valence-electron chi connectivity index (χ4n) is 3.17. The molecule has 1 aliphatic rings. The lowest BCUT2D eigenvalue weighted by molar-refractivity contribution is 0.313. The molecule has 1 unspecified atom stereocenters. The fraction of sp³-hybridized carbons (Fsp3) is 0.600. The molecule has 0 saturated heterocycles. The van der Waals surface area contributed by atoms with Gasteiger partial charge in [0.25, 0.3) is 0 Å². The highest BCUT2D eigenvalue weighted by Crippen LogP contribution is 2.30. The summed E-state index contributed by atoms with van der Waals surface area (Å²) < 4.78 is 23.0. The van der Waals surface area contributed by atoms with E-state index in [-0.39, 0.29) is 4.90 Å². The van der Waals surface area contributed by atoms with E-state index in [4.69, 9.17) is 10.9 Å². The average molecular weight is 311 g/mol. The Hall–Kier alpha value is -1.27. The predicted octanol–water partition coefficient (Wildman–Crippen LogP) is 2.69. The maximum Gasteiger partial charge on any atom is 0.238 e. The summed E-state index contributed by atoms with van der Waals surface area (Å²) >= 11 is 0. The van der Waals surface area contributed by atoms with Gasteiger partial charge >= 0.3 is 0 Å². The number of sulfonamides is 1. The van der Waals surface area contributed by atoms with E-state index in [0.717, 1.165) is 12.1 Å². The first-order valence-corrected chi connectivity index (χ1v) is 9.14. The molecule has 5 N–H and O–H groups in total. The zero-order valence-electron chi connectivity index (χ0n) is 12.5. The molecule has 21 heavy (non-hydrogen) atoms. The molecular weight excluding hydrogens is 286 g/mol. The third-order valence-electron chi connectivity index (χ3n) is 4.27. The molecule has 118 valence electrons. The van der Waals surface area contributed by atoms with E-state index in [1.165, 1.54) is 38.2 Å². The fourth-order valence-corrected chi connectivity index (χ4v) is 3.77. The van der Waals surface area contributed by atoms with Gasteiger partial charge in [-0.05, 0) is 43.4 Å². The molecule has 1 saturated carbocycles. The van der Waals surface area contributed by atoms with Gasteiger partial charge in [-0.2, -0.15) is 0 Å². The van der Waals surface area contributed by atoms with E-state index < -0.39 is 10.0 Å². The Labute approximate surface area is 127 Å². The van der Waals surface area contributed by atoms with Gasteiger partial charge in [0.05, 0.1) is 4.90 Å². The highest BCUT2D eigenvalue weighted by molar-refractivity contribution is 7.89. The van der Waals surface area contributed by atoms with Crippen molar-refractivity contribution in [2.75, 3.05) is 11.1 Å². The van der Waals surface area contributed by atoms with Crippen LogP contribution in [0.4, 0.5) is 11.4 Å². The largest absolute Gasteiger partial charge is 0.399 e. The first-order valence-electron chi connectivity index (χ1n) is 7.60. The second-order valence-corrected chi connectivity index (χ2v) is 7.45. The van der Waals surface area contributed by atoms with Crippen molar-refractivity contribution >= 4 is 21.4 Å². The van der Waals surface area contributed by atoms with E-state index in [9.17, 15) is 8.42 Å². The van der Waals surface area contributed by atoms with Gasteiger partial charge < -0.3 is 11.1 Å². The molecule has 0 spiro atoms. The second-order valence-electron chi connectivity index (χ2n) is 5.89. The van der Waals surface area contributed by atoms with Crippen molar-refractivity contribution in [3.8, 4) is 0 Å². The van der Waals surface area contributed by atoms with Crippen LogP contribution < -0.4 is 16.2 Å². The number of nitrogen functional groups attached to an aromatic ring is 1. The minimum atomic E-state index is -3.74. The molecule has 1 aromatic rings. The number of anilines is 2. The topological polar surface area (TPSA) is 98.2 Å². The molecule has 0 heterocycles. The van der Waals surface area contributed by atoms with Crippen LogP contribution in [0.1, 0.15) is 45.4 Å². The van der Waals surface area contributed by atoms with E-state index in [1.54, 1.807) is 12.1 Å². The standard InChI is InChI=1S/C15H25N3O2S/c1-2-15(11-6-4-3-5-7-11)18-13-8-12(16)9-14(10-13)21(17,19)20/h8-11,15,18H,2-7,16H2,1H3,(H2,17,19,20). The maximum absolute atomic E-state index is 11.5. The van der Waals surface area contributed by atoms with Crippen LogP contribution in [0.5, 0.6) is 0 Å². The Morgan fingerprint density at radius 2 is 1.90 bits per heavy atom. The zero-order valence-corrected chi connectivity index (χ0v) is 13.3. The second kappa shape index (κ2) is 6.66. The summed E-state index contributed by atoms with van der Waals surface area (Å²) in [6.45, 7) is 2.15. The SMILES string of the molecule is CCC(Nc1cc(N)cc(S(N)(=O)=O)c1)C1CCCCC1. The molecule has 2 rings (SSSR count). The summed E-state index contributed by atoms with van der Waals surface area (Å²) in [6, 6.07) is 5.07. The van der Waals surface area contributed by atoms with Crippen molar-refractivity contribution in [2.24, 2.45) is 11.1 Å². The molecule has 0 bridgehead atoms. The van der Waals surface area contributed by atoms with Crippen LogP contribution >= 0.6 is 0 Å². The van der Waals surface area contributed by atoms with E-state index in [0.29, 0.717) is 17.6 Å². The Morgan fingerprint density at radius 3 is 2.48 bits per heavy atom. The third kappa shape index (κ3) is 4.35. The van der Waals surface area contributed by atoms with Gasteiger partial charge in [0.2, 0.25) is 10.0 Å². The van der Waals surface area contributed by atoms with Crippen molar-refractivity contribution in [1.29, 1.82) is 0 Å². The van der Waals surface area contributed by atoms with Crippen molar-refractivity contribution in [3.05, 3.63) is 18.2 Å². The first-order chi connectivity index (χ1) is 9.90. The van der Waals surface area contributed by atoms with Gasteiger partial charge in [0.1, 0.15) is 0 Å². The molecule has 1 aliphatic carbocycles. The summed E-state index contributed by atoms with van der Waals surface area (Å²) in [4.78, 5) is 0.0588. The van der Waals surface area contributed by atoms with Crippen molar-refractivity contribution in [3.63, 3.8) is 0 Å². The van der Waals surface area contributed by atoms with E-state index in [2.05, 4.69) is 12.2 Å². The Kier molecular flexibility index (Phi) is 5.11. The highest BCUT2D eigenvalue weighted by atomic mass is 32.2. The van der Waals surface area contributed by atoms with Gasteiger partial charge in [-0.25, -0.2) is 13.6 Å². The number of rotatable bonds is 5. The molecule has 0 aliphatic heterocycles. The molecule has 0 aromatic heterocycles. The van der Waals surface area contributed by atoms with E-state index in [1.807, 2.05) is 0 Å². The first kappa shape index (κ1) is 16.1. The smallest absolute Gasteiger partial charge is 0.238 e. The molecular formula is C15H25N3O2S. The molecule has 1 fully saturated rings. The lowest BCUT2D eigenvalue weighted by Gasteiger charge is -2.31. The molecule has 1 aromatic carbocycles. The number of nitrogens with two attached hydrogens (primary N) is 2. The number of hydrogen-bond acceptors (Lipinski definition) is 4. The Balaban J connectivity index is 2.19. The normalized spacial score (nSPS) is 18.4. The average Bonchev–Trinajstić information content (AvgIpc) is 2.44. The van der Waals surface area contributed by atoms with Gasteiger partial charge in [-0.1, -0.05) is 26.2 Å². The minimum absolute atomic E-state index is 0.0588. The van der Waals surface area contributed by atoms with Crippen molar-refractivity contribution in [1.82, 2.24) is 0 Å². The van der Waals surface area contributed by atoms with Gasteiger partial charge in [0, 0.05) is 17.4 Å². The van der Waals surface area contributed by atoms with Crippen LogP contribution in [0.15, 0.2) is 23.1 Å². The summed E-state index contributed by atoms with van der Waals surface area (Å²) in [5, 5.41) is 8.64. The van der Waals surface area contributed by atoms with Crippen LogP contribution in [-0.2, 0) is 10.0 Å². The summed E-state index contributed by atoms with van der Waals surface area (Å²) in [6.07, 6.45) is 7.35. The van der Waals surface area contributed by atoms with Crippen LogP contribution in [0.2, 0.25) is 0 Å². The number of nitrogens with one attached hydrogen (secondary N) is 1. The van der Waals surface area contributed by atoms with Crippen LogP contribution in [-0.4, -0.2) is 14.5 Å². The molecule has 0 radical (unpaired) electrons. The van der Waals surface area contributed by atoms with Crippen LogP contribution in [0.3, 0.4) is 0 Å². The lowest BCUT2D eigenvalue weighted by atomic mass is 9.83. The zero-order chi connectivity index (χ0) is 15.5. The number of hydrogen-bond donors (Lipinski definition) is 3. The molecule has 5 nitrogen and oxygen atoms in total. The number of benzene rings is 1. The number of primary sulfonamides is 1. The van der Waals surface area contributed by atoms with Crippen molar-refractivity contribution < 1.29 is 8.42 Å².